The van der Waals surface area contributed by atoms with Crippen LogP contribution in [0.1, 0.15) is 13.3 Å². The van der Waals surface area contributed by atoms with Gasteiger partial charge in [-0.15, -0.1) is 0 Å². The van der Waals surface area contributed by atoms with Crippen LogP contribution in [-0.4, -0.2) is 11.5 Å². The van der Waals surface area contributed by atoms with Gasteiger partial charge in [-0.25, -0.2) is 0 Å². The van der Waals surface area contributed by atoms with Crippen LogP contribution < -0.4 is 10.6 Å². The Morgan fingerprint density at radius 3 is 2.40 bits per heavy atom. The molecule has 0 atom stereocenters. The fourth-order valence-electron chi connectivity index (χ4n) is 1.92. The molecule has 0 saturated heterocycles. The quantitative estimate of drug-likeness (QED) is 0.611. The number of rotatable bonds is 6. The standard InChI is InChI=1S/C15H17N3O2/c1-2-11-16-13-9-6-10-14(15(13)18(19)20)17-12-7-4-3-5-8-12/h3-10,16-17H,2,11H2,1H3. The van der Waals surface area contributed by atoms with Crippen LogP contribution in [0.25, 0.3) is 0 Å². The van der Waals surface area contributed by atoms with Crippen molar-refractivity contribution in [3.8, 4) is 0 Å². The summed E-state index contributed by atoms with van der Waals surface area (Å²) >= 11 is 0. The minimum Gasteiger partial charge on any atom is -0.379 e. The first-order valence-corrected chi connectivity index (χ1v) is 6.55. The Morgan fingerprint density at radius 2 is 1.75 bits per heavy atom. The maximum atomic E-state index is 11.3. The molecule has 104 valence electrons. The molecule has 20 heavy (non-hydrogen) atoms. The van der Waals surface area contributed by atoms with Gasteiger partial charge in [-0.2, -0.15) is 0 Å². The fraction of sp³-hybridized carbons (Fsp3) is 0.200. The van der Waals surface area contributed by atoms with Crippen molar-refractivity contribution in [2.24, 2.45) is 0 Å². The van der Waals surface area contributed by atoms with E-state index in [0.29, 0.717) is 17.9 Å². The third kappa shape index (κ3) is 3.26. The van der Waals surface area contributed by atoms with E-state index in [1.165, 1.54) is 0 Å². The van der Waals surface area contributed by atoms with Crippen molar-refractivity contribution in [3.05, 3.63) is 58.6 Å². The molecule has 0 saturated carbocycles. The van der Waals surface area contributed by atoms with E-state index in [1.54, 1.807) is 18.2 Å². The van der Waals surface area contributed by atoms with Gasteiger partial charge in [0.05, 0.1) is 4.92 Å². The second kappa shape index (κ2) is 6.56. The first-order valence-electron chi connectivity index (χ1n) is 6.55. The summed E-state index contributed by atoms with van der Waals surface area (Å²) in [6, 6.07) is 14.6. The summed E-state index contributed by atoms with van der Waals surface area (Å²) in [6.45, 7) is 2.72. The SMILES string of the molecule is CCCNc1cccc(Nc2ccccc2)c1[N+](=O)[O-]. The van der Waals surface area contributed by atoms with Crippen molar-refractivity contribution in [2.75, 3.05) is 17.2 Å². The Bertz CT molecular complexity index is 585. The number of nitrogens with one attached hydrogen (secondary N) is 2. The lowest BCUT2D eigenvalue weighted by molar-refractivity contribution is -0.383. The molecule has 0 spiro atoms. The highest BCUT2D eigenvalue weighted by Crippen LogP contribution is 2.34. The molecule has 2 rings (SSSR count). The maximum absolute atomic E-state index is 11.3. The van der Waals surface area contributed by atoms with E-state index >= 15 is 0 Å². The third-order valence-electron chi connectivity index (χ3n) is 2.84. The summed E-state index contributed by atoms with van der Waals surface area (Å²) in [7, 11) is 0. The smallest absolute Gasteiger partial charge is 0.315 e. The molecule has 0 aliphatic rings. The highest BCUT2D eigenvalue weighted by atomic mass is 16.6. The number of hydrogen-bond acceptors (Lipinski definition) is 4. The van der Waals surface area contributed by atoms with Crippen LogP contribution in [0.5, 0.6) is 0 Å². The first-order chi connectivity index (χ1) is 9.72. The van der Waals surface area contributed by atoms with Crippen molar-refractivity contribution in [2.45, 2.75) is 13.3 Å². The van der Waals surface area contributed by atoms with Crippen LogP contribution in [0.15, 0.2) is 48.5 Å². The van der Waals surface area contributed by atoms with Crippen molar-refractivity contribution in [1.29, 1.82) is 0 Å². The van der Waals surface area contributed by atoms with Gasteiger partial charge in [-0.05, 0) is 30.7 Å². The predicted octanol–water partition coefficient (Wildman–Crippen LogP) is 4.16. The van der Waals surface area contributed by atoms with Gasteiger partial charge >= 0.3 is 5.69 Å². The van der Waals surface area contributed by atoms with Crippen LogP contribution in [-0.2, 0) is 0 Å². The fourth-order valence-corrected chi connectivity index (χ4v) is 1.92. The normalized spacial score (nSPS) is 10.1. The molecular weight excluding hydrogens is 254 g/mol. The maximum Gasteiger partial charge on any atom is 0.315 e. The van der Waals surface area contributed by atoms with Crippen molar-refractivity contribution in [3.63, 3.8) is 0 Å². The second-order valence-corrected chi connectivity index (χ2v) is 4.38. The Hall–Kier alpha value is -2.56. The zero-order valence-corrected chi connectivity index (χ0v) is 11.3. The van der Waals surface area contributed by atoms with Gasteiger partial charge in [-0.3, -0.25) is 10.1 Å². The van der Waals surface area contributed by atoms with Crippen LogP contribution in [0.4, 0.5) is 22.7 Å². The monoisotopic (exact) mass is 271 g/mol. The molecule has 0 heterocycles. The van der Waals surface area contributed by atoms with Crippen LogP contribution in [0.2, 0.25) is 0 Å². The Labute approximate surface area is 117 Å². The zero-order chi connectivity index (χ0) is 14.4. The molecule has 2 aromatic carbocycles. The zero-order valence-electron chi connectivity index (χ0n) is 11.3. The topological polar surface area (TPSA) is 67.2 Å². The summed E-state index contributed by atoms with van der Waals surface area (Å²) in [5.74, 6) is 0. The lowest BCUT2D eigenvalue weighted by Crippen LogP contribution is -2.05. The van der Waals surface area contributed by atoms with E-state index in [2.05, 4.69) is 10.6 Å². The lowest BCUT2D eigenvalue weighted by atomic mass is 10.2. The highest BCUT2D eigenvalue weighted by molar-refractivity contribution is 5.79. The number of benzene rings is 2. The summed E-state index contributed by atoms with van der Waals surface area (Å²) in [4.78, 5) is 11.0. The molecular formula is C15H17N3O2. The number of anilines is 3. The molecule has 5 nitrogen and oxygen atoms in total. The molecule has 0 radical (unpaired) electrons. The van der Waals surface area contributed by atoms with Crippen molar-refractivity contribution in [1.82, 2.24) is 0 Å². The van der Waals surface area contributed by atoms with Crippen molar-refractivity contribution < 1.29 is 4.92 Å². The molecule has 0 fully saturated rings. The van der Waals surface area contributed by atoms with E-state index in [9.17, 15) is 10.1 Å². The molecule has 2 N–H and O–H groups in total. The molecule has 0 bridgehead atoms. The van der Waals surface area contributed by atoms with E-state index in [1.807, 2.05) is 37.3 Å². The van der Waals surface area contributed by atoms with E-state index in [-0.39, 0.29) is 10.6 Å². The lowest BCUT2D eigenvalue weighted by Gasteiger charge is -2.11. The number of para-hydroxylation sites is 2. The van der Waals surface area contributed by atoms with Crippen LogP contribution in [0, 0.1) is 10.1 Å². The Morgan fingerprint density at radius 1 is 1.05 bits per heavy atom. The molecule has 0 unspecified atom stereocenters. The molecule has 0 aliphatic carbocycles. The van der Waals surface area contributed by atoms with Crippen molar-refractivity contribution >= 4 is 22.7 Å². The Balaban J connectivity index is 2.34. The summed E-state index contributed by atoms with van der Waals surface area (Å²) in [5, 5.41) is 17.5. The molecule has 0 aromatic heterocycles. The predicted molar refractivity (Wildman–Crippen MR) is 81.6 cm³/mol. The minimum atomic E-state index is -0.358. The van der Waals surface area contributed by atoms with Gasteiger partial charge in [-0.1, -0.05) is 31.2 Å². The summed E-state index contributed by atoms with van der Waals surface area (Å²) in [6.07, 6.45) is 0.910. The average molecular weight is 271 g/mol. The van der Waals surface area contributed by atoms with Gasteiger partial charge in [0, 0.05) is 12.2 Å². The van der Waals surface area contributed by atoms with E-state index in [4.69, 9.17) is 0 Å². The largest absolute Gasteiger partial charge is 0.379 e. The second-order valence-electron chi connectivity index (χ2n) is 4.38. The van der Waals surface area contributed by atoms with E-state index < -0.39 is 0 Å². The molecule has 0 aliphatic heterocycles. The number of nitro groups is 1. The third-order valence-corrected chi connectivity index (χ3v) is 2.84. The van der Waals surface area contributed by atoms with Gasteiger partial charge in [0.1, 0.15) is 11.4 Å². The molecule has 0 amide bonds. The molecule has 5 heteroatoms. The summed E-state index contributed by atoms with van der Waals surface area (Å²) in [5.41, 5.74) is 1.92. The number of nitrogens with zero attached hydrogens (tertiary/aromatic N) is 1. The van der Waals surface area contributed by atoms with Gasteiger partial charge in [0.2, 0.25) is 0 Å². The minimum absolute atomic E-state index is 0.0739. The number of hydrogen-bond donors (Lipinski definition) is 2. The average Bonchev–Trinajstić information content (AvgIpc) is 2.46. The summed E-state index contributed by atoms with van der Waals surface area (Å²) < 4.78 is 0. The Kier molecular flexibility index (Phi) is 4.55. The number of nitro benzene ring substituents is 1. The van der Waals surface area contributed by atoms with Gasteiger partial charge < -0.3 is 10.6 Å². The van der Waals surface area contributed by atoms with Gasteiger partial charge in [0.15, 0.2) is 0 Å². The van der Waals surface area contributed by atoms with Crippen LogP contribution >= 0.6 is 0 Å². The highest BCUT2D eigenvalue weighted by Gasteiger charge is 2.19. The van der Waals surface area contributed by atoms with Gasteiger partial charge in [0.25, 0.3) is 0 Å². The first kappa shape index (κ1) is 13.9. The molecule has 2 aromatic rings. The van der Waals surface area contributed by atoms with E-state index in [0.717, 1.165) is 12.1 Å². The van der Waals surface area contributed by atoms with Crippen LogP contribution in [0.3, 0.4) is 0 Å².